The van der Waals surface area contributed by atoms with Gasteiger partial charge in [-0.25, -0.2) is 8.42 Å². The van der Waals surface area contributed by atoms with Crippen LogP contribution in [0.25, 0.3) is 0 Å². The van der Waals surface area contributed by atoms with Crippen molar-refractivity contribution in [2.24, 2.45) is 5.92 Å². The summed E-state index contributed by atoms with van der Waals surface area (Å²) in [4.78, 5) is 13.3. The molecule has 0 bridgehead atoms. The summed E-state index contributed by atoms with van der Waals surface area (Å²) in [5.41, 5.74) is 3.12. The first-order valence-electron chi connectivity index (χ1n) is 10.5. The van der Waals surface area contributed by atoms with Gasteiger partial charge in [0.15, 0.2) is 11.5 Å². The highest BCUT2D eigenvalue weighted by Gasteiger charge is 2.35. The molecule has 2 aliphatic heterocycles. The molecule has 0 saturated carbocycles. The lowest BCUT2D eigenvalue weighted by atomic mass is 9.98. The molecule has 7 nitrogen and oxygen atoms in total. The van der Waals surface area contributed by atoms with E-state index in [1.54, 1.807) is 18.2 Å². The Bertz CT molecular complexity index is 1090. The van der Waals surface area contributed by atoms with E-state index in [0.29, 0.717) is 54.7 Å². The van der Waals surface area contributed by atoms with Gasteiger partial charge < -0.3 is 14.8 Å². The van der Waals surface area contributed by atoms with E-state index in [1.165, 1.54) is 4.31 Å². The molecule has 1 N–H and O–H groups in total. The van der Waals surface area contributed by atoms with Crippen molar-refractivity contribution in [3.05, 3.63) is 47.0 Å². The number of rotatable bonds is 4. The smallest absolute Gasteiger partial charge is 0.243 e. The van der Waals surface area contributed by atoms with E-state index in [4.69, 9.17) is 9.47 Å². The molecule has 2 aromatic carbocycles. The molecule has 0 unspecified atom stereocenters. The monoisotopic (exact) mass is 444 g/mol. The molecule has 1 saturated heterocycles. The van der Waals surface area contributed by atoms with Crippen LogP contribution in [-0.2, 0) is 14.8 Å². The fraction of sp³-hybridized carbons (Fsp3) is 0.435. The number of sulfonamides is 1. The van der Waals surface area contributed by atoms with Crippen molar-refractivity contribution in [1.82, 2.24) is 4.31 Å². The first kappa shape index (κ1) is 21.6. The van der Waals surface area contributed by atoms with E-state index in [-0.39, 0.29) is 12.5 Å². The summed E-state index contributed by atoms with van der Waals surface area (Å²) in [6.07, 6.45) is 1.29. The number of nitrogens with one attached hydrogen (secondary N) is 1. The van der Waals surface area contributed by atoms with Gasteiger partial charge in [-0.05, 0) is 56.9 Å². The summed E-state index contributed by atoms with van der Waals surface area (Å²) < 4.78 is 39.3. The minimum absolute atomic E-state index is 0.172. The van der Waals surface area contributed by atoms with Crippen LogP contribution in [0.2, 0.25) is 0 Å². The van der Waals surface area contributed by atoms with Gasteiger partial charge in [0.1, 0.15) is 13.2 Å². The summed E-state index contributed by atoms with van der Waals surface area (Å²) in [5, 5.41) is 2.91. The number of hydrogen-bond acceptors (Lipinski definition) is 5. The topological polar surface area (TPSA) is 84.9 Å². The van der Waals surface area contributed by atoms with Crippen LogP contribution in [0.1, 0.15) is 29.5 Å². The van der Waals surface area contributed by atoms with Crippen LogP contribution in [-0.4, -0.2) is 44.9 Å². The van der Waals surface area contributed by atoms with Crippen molar-refractivity contribution in [3.8, 4) is 11.5 Å². The molecule has 0 aliphatic carbocycles. The molecular weight excluding hydrogens is 416 g/mol. The minimum atomic E-state index is -3.67. The summed E-state index contributed by atoms with van der Waals surface area (Å²) in [7, 11) is -3.67. The number of piperidine rings is 1. The van der Waals surface area contributed by atoms with E-state index in [0.717, 1.165) is 16.7 Å². The molecule has 1 amide bonds. The molecule has 0 radical (unpaired) electrons. The number of aryl methyl sites for hydroxylation is 3. The lowest BCUT2D eigenvalue weighted by molar-refractivity contribution is -0.120. The third-order valence-corrected chi connectivity index (χ3v) is 7.94. The number of anilines is 1. The Morgan fingerprint density at radius 3 is 2.42 bits per heavy atom. The van der Waals surface area contributed by atoms with Crippen molar-refractivity contribution >= 4 is 21.6 Å². The van der Waals surface area contributed by atoms with Gasteiger partial charge in [0.05, 0.1) is 10.8 Å². The highest BCUT2D eigenvalue weighted by Crippen LogP contribution is 2.33. The Morgan fingerprint density at radius 1 is 1.03 bits per heavy atom. The fourth-order valence-electron chi connectivity index (χ4n) is 4.44. The van der Waals surface area contributed by atoms with Crippen LogP contribution in [0.15, 0.2) is 35.2 Å². The van der Waals surface area contributed by atoms with E-state index in [2.05, 4.69) is 5.32 Å². The van der Waals surface area contributed by atoms with Crippen molar-refractivity contribution in [2.45, 2.75) is 38.5 Å². The minimum Gasteiger partial charge on any atom is -0.486 e. The van der Waals surface area contributed by atoms with Crippen LogP contribution in [0.5, 0.6) is 11.5 Å². The molecule has 2 aromatic rings. The standard InChI is InChI=1S/C23H28N2O5S/c1-15-11-16(2)22(17(3)12-15)31(27,28)25-8-4-5-18(14-25)23(26)24-19-6-7-20-21(13-19)30-10-9-29-20/h6-7,11-13,18H,4-5,8-10,14H2,1-3H3,(H,24,26)/t18-/m0/s1. The van der Waals surface area contributed by atoms with Gasteiger partial charge in [-0.2, -0.15) is 4.31 Å². The lowest BCUT2D eigenvalue weighted by Crippen LogP contribution is -2.44. The normalized spacial score (nSPS) is 19.1. The van der Waals surface area contributed by atoms with Crippen LogP contribution < -0.4 is 14.8 Å². The second kappa shape index (κ2) is 8.51. The molecule has 0 spiro atoms. The van der Waals surface area contributed by atoms with Crippen LogP contribution >= 0.6 is 0 Å². The molecule has 1 fully saturated rings. The van der Waals surface area contributed by atoms with E-state index < -0.39 is 15.9 Å². The number of fused-ring (bicyclic) bond motifs is 1. The van der Waals surface area contributed by atoms with Gasteiger partial charge in [0.2, 0.25) is 15.9 Å². The average Bonchev–Trinajstić information content (AvgIpc) is 2.73. The number of carbonyl (C=O) groups excluding carboxylic acids is 1. The molecule has 2 heterocycles. The van der Waals surface area contributed by atoms with Gasteiger partial charge in [0.25, 0.3) is 0 Å². The SMILES string of the molecule is Cc1cc(C)c(S(=O)(=O)N2CCC[C@H](C(=O)Nc3ccc4c(c3)OCCO4)C2)c(C)c1. The first-order valence-corrected chi connectivity index (χ1v) is 12.0. The Hall–Kier alpha value is -2.58. The highest BCUT2D eigenvalue weighted by molar-refractivity contribution is 7.89. The van der Waals surface area contributed by atoms with Gasteiger partial charge in [0, 0.05) is 24.8 Å². The summed E-state index contributed by atoms with van der Waals surface area (Å²) >= 11 is 0. The predicted octanol–water partition coefficient (Wildman–Crippen LogP) is 3.42. The Labute approximate surface area is 183 Å². The maximum absolute atomic E-state index is 13.4. The van der Waals surface area contributed by atoms with Gasteiger partial charge in [-0.1, -0.05) is 17.7 Å². The fourth-order valence-corrected chi connectivity index (χ4v) is 6.38. The molecule has 2 aliphatic rings. The molecule has 4 rings (SSSR count). The molecule has 166 valence electrons. The van der Waals surface area contributed by atoms with Crippen molar-refractivity contribution in [1.29, 1.82) is 0 Å². The van der Waals surface area contributed by atoms with Crippen molar-refractivity contribution < 1.29 is 22.7 Å². The second-order valence-electron chi connectivity index (χ2n) is 8.28. The number of ether oxygens (including phenoxy) is 2. The molecule has 1 atom stereocenters. The third kappa shape index (κ3) is 4.41. The largest absolute Gasteiger partial charge is 0.486 e. The van der Waals surface area contributed by atoms with Gasteiger partial charge in [-0.15, -0.1) is 0 Å². The van der Waals surface area contributed by atoms with Crippen molar-refractivity contribution in [3.63, 3.8) is 0 Å². The molecule has 0 aromatic heterocycles. The number of nitrogens with zero attached hydrogens (tertiary/aromatic N) is 1. The zero-order valence-corrected chi connectivity index (χ0v) is 18.9. The number of benzene rings is 2. The van der Waals surface area contributed by atoms with E-state index >= 15 is 0 Å². The number of amides is 1. The van der Waals surface area contributed by atoms with Crippen LogP contribution in [0, 0.1) is 26.7 Å². The Morgan fingerprint density at radius 2 is 1.71 bits per heavy atom. The van der Waals surface area contributed by atoms with E-state index in [9.17, 15) is 13.2 Å². The summed E-state index contributed by atoms with van der Waals surface area (Å²) in [5.74, 6) is 0.655. The van der Waals surface area contributed by atoms with Gasteiger partial charge >= 0.3 is 0 Å². The maximum Gasteiger partial charge on any atom is 0.243 e. The Balaban J connectivity index is 1.50. The molecular formula is C23H28N2O5S. The lowest BCUT2D eigenvalue weighted by Gasteiger charge is -2.32. The maximum atomic E-state index is 13.4. The zero-order valence-electron chi connectivity index (χ0n) is 18.1. The quantitative estimate of drug-likeness (QED) is 0.781. The third-order valence-electron chi connectivity index (χ3n) is 5.77. The number of carbonyl (C=O) groups is 1. The van der Waals surface area contributed by atoms with E-state index in [1.807, 2.05) is 32.9 Å². The van der Waals surface area contributed by atoms with Crippen LogP contribution in [0.3, 0.4) is 0 Å². The number of hydrogen-bond donors (Lipinski definition) is 1. The summed E-state index contributed by atoms with van der Waals surface area (Å²) in [6.45, 7) is 7.17. The van der Waals surface area contributed by atoms with Gasteiger partial charge in [-0.3, -0.25) is 4.79 Å². The summed E-state index contributed by atoms with van der Waals surface area (Å²) in [6, 6.07) is 9.04. The molecule has 31 heavy (non-hydrogen) atoms. The van der Waals surface area contributed by atoms with Crippen molar-refractivity contribution in [2.75, 3.05) is 31.6 Å². The zero-order chi connectivity index (χ0) is 22.2. The van der Waals surface area contributed by atoms with Crippen LogP contribution in [0.4, 0.5) is 5.69 Å². The predicted molar refractivity (Wildman–Crippen MR) is 118 cm³/mol. The second-order valence-corrected chi connectivity index (χ2v) is 10.2. The molecule has 8 heteroatoms. The highest BCUT2D eigenvalue weighted by atomic mass is 32.2. The Kier molecular flexibility index (Phi) is 5.94. The first-order chi connectivity index (χ1) is 14.8. The average molecular weight is 445 g/mol.